The van der Waals surface area contributed by atoms with E-state index in [0.29, 0.717) is 0 Å². The lowest BCUT2D eigenvalue weighted by Gasteiger charge is -1.79. The first kappa shape index (κ1) is 7.52. The molecule has 44 valence electrons. The van der Waals surface area contributed by atoms with Crippen LogP contribution in [0.3, 0.4) is 0 Å². The fraction of sp³-hybridized carbons (Fsp3) is 0.429. The first-order valence-corrected chi connectivity index (χ1v) is 5.78. The van der Waals surface area contributed by atoms with Crippen molar-refractivity contribution in [3.05, 3.63) is 12.2 Å². The van der Waals surface area contributed by atoms with Crippen LogP contribution in [0.15, 0.2) is 12.2 Å². The maximum absolute atomic E-state index is 3.15. The number of rotatable bonds is 0. The average molecular weight is 124 g/mol. The van der Waals surface area contributed by atoms with Gasteiger partial charge in [-0.2, -0.15) is 0 Å². The normalized spacial score (nSPS) is 9.50. The van der Waals surface area contributed by atoms with Crippen molar-refractivity contribution in [2.45, 2.75) is 20.0 Å². The summed E-state index contributed by atoms with van der Waals surface area (Å²) in [6.45, 7) is 6.42. The van der Waals surface area contributed by atoms with Crippen molar-refractivity contribution in [2.75, 3.05) is 0 Å². The summed E-state index contributed by atoms with van der Waals surface area (Å²) in [5.41, 5.74) is 3.15. The SMILES string of the molecule is C/C=C/C#C[SiH](C)C. The summed E-state index contributed by atoms with van der Waals surface area (Å²) in [7, 11) is -0.614. The quantitative estimate of drug-likeness (QED) is 0.340. The zero-order valence-electron chi connectivity index (χ0n) is 5.73. The second kappa shape index (κ2) is 4.67. The Morgan fingerprint density at radius 1 is 1.38 bits per heavy atom. The van der Waals surface area contributed by atoms with Crippen LogP contribution in [0.2, 0.25) is 13.1 Å². The highest BCUT2D eigenvalue weighted by Crippen LogP contribution is 1.73. The molecule has 0 aliphatic rings. The predicted octanol–water partition coefficient (Wildman–Crippen LogP) is 1.59. The van der Waals surface area contributed by atoms with Crippen molar-refractivity contribution < 1.29 is 0 Å². The molecule has 0 saturated carbocycles. The molecule has 0 aliphatic heterocycles. The van der Waals surface area contributed by atoms with Gasteiger partial charge in [0.1, 0.15) is 8.80 Å². The third kappa shape index (κ3) is 5.52. The Morgan fingerprint density at radius 2 is 2.00 bits per heavy atom. The molecule has 0 spiro atoms. The van der Waals surface area contributed by atoms with Gasteiger partial charge in [-0.05, 0) is 13.0 Å². The van der Waals surface area contributed by atoms with Crippen molar-refractivity contribution >= 4 is 8.80 Å². The summed E-state index contributed by atoms with van der Waals surface area (Å²) in [5, 5.41) is 0. The van der Waals surface area contributed by atoms with Crippen LogP contribution in [0.4, 0.5) is 0 Å². The summed E-state index contributed by atoms with van der Waals surface area (Å²) in [6, 6.07) is 0. The first-order chi connectivity index (χ1) is 3.77. The summed E-state index contributed by atoms with van der Waals surface area (Å²) in [4.78, 5) is 0. The minimum Gasteiger partial charge on any atom is -0.131 e. The van der Waals surface area contributed by atoms with E-state index in [4.69, 9.17) is 0 Å². The van der Waals surface area contributed by atoms with E-state index in [2.05, 4.69) is 24.6 Å². The number of hydrogen-bond donors (Lipinski definition) is 0. The lowest BCUT2D eigenvalue weighted by atomic mass is 10.6. The van der Waals surface area contributed by atoms with Crippen LogP contribution in [0.1, 0.15) is 6.92 Å². The van der Waals surface area contributed by atoms with Crippen molar-refractivity contribution in [1.29, 1.82) is 0 Å². The molecule has 0 aromatic heterocycles. The van der Waals surface area contributed by atoms with Gasteiger partial charge in [0.15, 0.2) is 0 Å². The summed E-state index contributed by atoms with van der Waals surface area (Å²) < 4.78 is 0. The molecular weight excluding hydrogens is 112 g/mol. The smallest absolute Gasteiger partial charge is 0.117 e. The van der Waals surface area contributed by atoms with Crippen LogP contribution in [0, 0.1) is 11.5 Å². The first-order valence-electron chi connectivity index (χ1n) is 2.89. The fourth-order valence-corrected chi connectivity index (χ4v) is 0.728. The highest BCUT2D eigenvalue weighted by atomic mass is 28.3. The molecule has 1 heteroatoms. The third-order valence-electron chi connectivity index (χ3n) is 0.622. The summed E-state index contributed by atoms with van der Waals surface area (Å²) in [6.07, 6.45) is 3.86. The second-order valence-corrected chi connectivity index (χ2v) is 4.54. The number of hydrogen-bond acceptors (Lipinski definition) is 0. The molecule has 8 heavy (non-hydrogen) atoms. The minimum atomic E-state index is -0.614. The molecule has 0 heterocycles. The van der Waals surface area contributed by atoms with E-state index in [9.17, 15) is 0 Å². The molecule has 0 unspecified atom stereocenters. The van der Waals surface area contributed by atoms with Crippen LogP contribution in [-0.2, 0) is 0 Å². The van der Waals surface area contributed by atoms with Crippen molar-refractivity contribution in [3.8, 4) is 11.5 Å². The Morgan fingerprint density at radius 3 is 2.38 bits per heavy atom. The molecule has 0 radical (unpaired) electrons. The van der Waals surface area contributed by atoms with Crippen molar-refractivity contribution in [2.24, 2.45) is 0 Å². The van der Waals surface area contributed by atoms with Crippen molar-refractivity contribution in [3.63, 3.8) is 0 Å². The van der Waals surface area contributed by atoms with E-state index in [-0.39, 0.29) is 0 Å². The monoisotopic (exact) mass is 124 g/mol. The van der Waals surface area contributed by atoms with Crippen LogP contribution >= 0.6 is 0 Å². The fourth-order valence-electron chi connectivity index (χ4n) is 0.298. The van der Waals surface area contributed by atoms with Gasteiger partial charge in [-0.15, -0.1) is 5.54 Å². The van der Waals surface area contributed by atoms with E-state index in [1.807, 2.05) is 19.1 Å². The van der Waals surface area contributed by atoms with Gasteiger partial charge in [0.25, 0.3) is 0 Å². The zero-order chi connectivity index (χ0) is 6.41. The molecule has 0 atom stereocenters. The molecule has 0 aliphatic carbocycles. The third-order valence-corrected chi connectivity index (χ3v) is 1.37. The molecule has 0 fully saturated rings. The van der Waals surface area contributed by atoms with E-state index >= 15 is 0 Å². The van der Waals surface area contributed by atoms with Crippen LogP contribution in [0.25, 0.3) is 0 Å². The Kier molecular flexibility index (Phi) is 4.39. The minimum absolute atomic E-state index is 0.614. The second-order valence-electron chi connectivity index (χ2n) is 1.94. The van der Waals surface area contributed by atoms with Gasteiger partial charge >= 0.3 is 0 Å². The largest absolute Gasteiger partial charge is 0.131 e. The lowest BCUT2D eigenvalue weighted by molar-refractivity contribution is 1.76. The maximum Gasteiger partial charge on any atom is 0.117 e. The summed E-state index contributed by atoms with van der Waals surface area (Å²) in [5.74, 6) is 2.97. The highest BCUT2D eigenvalue weighted by molar-refractivity contribution is 6.64. The van der Waals surface area contributed by atoms with E-state index in [1.54, 1.807) is 0 Å². The van der Waals surface area contributed by atoms with Gasteiger partial charge < -0.3 is 0 Å². The zero-order valence-corrected chi connectivity index (χ0v) is 6.89. The van der Waals surface area contributed by atoms with Gasteiger partial charge in [-0.3, -0.25) is 0 Å². The Hall–Kier alpha value is -0.483. The molecule has 0 bridgehead atoms. The van der Waals surface area contributed by atoms with Crippen LogP contribution in [0.5, 0.6) is 0 Å². The van der Waals surface area contributed by atoms with Gasteiger partial charge in [0.05, 0.1) is 0 Å². The van der Waals surface area contributed by atoms with E-state index < -0.39 is 8.80 Å². The molecule has 0 amide bonds. The van der Waals surface area contributed by atoms with Crippen LogP contribution in [-0.4, -0.2) is 8.80 Å². The molecule has 0 rings (SSSR count). The maximum atomic E-state index is 3.15. The molecule has 0 aromatic carbocycles. The molecular formula is C7H12Si. The van der Waals surface area contributed by atoms with Crippen LogP contribution < -0.4 is 0 Å². The number of allylic oxidation sites excluding steroid dienone is 2. The van der Waals surface area contributed by atoms with Gasteiger partial charge in [0.2, 0.25) is 0 Å². The molecule has 0 N–H and O–H groups in total. The Labute approximate surface area is 53.2 Å². The lowest BCUT2D eigenvalue weighted by Crippen LogP contribution is -1.92. The average Bonchev–Trinajstić information content (AvgIpc) is 1.66. The van der Waals surface area contributed by atoms with Gasteiger partial charge in [0, 0.05) is 0 Å². The summed E-state index contributed by atoms with van der Waals surface area (Å²) >= 11 is 0. The topological polar surface area (TPSA) is 0 Å². The van der Waals surface area contributed by atoms with Gasteiger partial charge in [-0.25, -0.2) is 0 Å². The van der Waals surface area contributed by atoms with E-state index in [0.717, 1.165) is 0 Å². The standard InChI is InChI=1S/C7H12Si/c1-4-5-6-7-8(2)3/h4-5,8H,1-3H3/b5-4+. The highest BCUT2D eigenvalue weighted by Gasteiger charge is 1.80. The van der Waals surface area contributed by atoms with Crippen molar-refractivity contribution in [1.82, 2.24) is 0 Å². The van der Waals surface area contributed by atoms with E-state index in [1.165, 1.54) is 0 Å². The molecule has 0 saturated heterocycles. The predicted molar refractivity (Wildman–Crippen MR) is 41.5 cm³/mol. The van der Waals surface area contributed by atoms with Gasteiger partial charge in [-0.1, -0.05) is 25.1 Å². The molecule has 0 aromatic rings. The Balaban J connectivity index is 3.51. The molecule has 0 nitrogen and oxygen atoms in total. The Bertz CT molecular complexity index is 123.